The summed E-state index contributed by atoms with van der Waals surface area (Å²) in [5.41, 5.74) is 0.764. The zero-order valence-corrected chi connectivity index (χ0v) is 14.0. The second-order valence-electron chi connectivity index (χ2n) is 6.29. The lowest BCUT2D eigenvalue weighted by Gasteiger charge is -2.26. The second kappa shape index (κ2) is 7.45. The predicted octanol–water partition coefficient (Wildman–Crippen LogP) is 2.96. The fourth-order valence-electron chi connectivity index (χ4n) is 2.38. The molecule has 1 unspecified atom stereocenters. The minimum Gasteiger partial charge on any atom is -0.497 e. The number of aliphatic hydroxyl groups excluding tert-OH is 1. The van der Waals surface area contributed by atoms with Gasteiger partial charge in [0.05, 0.1) is 7.11 Å². The van der Waals surface area contributed by atoms with Crippen LogP contribution in [0.3, 0.4) is 0 Å². The van der Waals surface area contributed by atoms with E-state index in [1.807, 2.05) is 19.9 Å². The lowest BCUT2D eigenvalue weighted by atomic mass is 9.84. The Labute approximate surface area is 141 Å². The van der Waals surface area contributed by atoms with Crippen molar-refractivity contribution in [1.29, 1.82) is 0 Å². The van der Waals surface area contributed by atoms with Crippen LogP contribution in [0.15, 0.2) is 48.5 Å². The molecule has 0 heterocycles. The van der Waals surface area contributed by atoms with Crippen molar-refractivity contribution in [2.45, 2.75) is 25.4 Å². The van der Waals surface area contributed by atoms with Gasteiger partial charge in [0.25, 0.3) is 5.91 Å². The number of benzene rings is 2. The van der Waals surface area contributed by atoms with Crippen LogP contribution in [-0.2, 0) is 10.2 Å². The minimum atomic E-state index is -1.29. The number of methoxy groups -OCH3 is 1. The Morgan fingerprint density at radius 3 is 2.62 bits per heavy atom. The molecule has 1 atom stereocenters. The van der Waals surface area contributed by atoms with Gasteiger partial charge in [0.15, 0.2) is 6.10 Å². The van der Waals surface area contributed by atoms with Gasteiger partial charge >= 0.3 is 0 Å². The topological polar surface area (TPSA) is 58.6 Å². The summed E-state index contributed by atoms with van der Waals surface area (Å²) in [5.74, 6) is -0.254. The summed E-state index contributed by atoms with van der Waals surface area (Å²) in [6.07, 6.45) is -1.29. The molecule has 4 nitrogen and oxygen atoms in total. The second-order valence-corrected chi connectivity index (χ2v) is 6.29. The maximum Gasteiger partial charge on any atom is 0.253 e. The fraction of sp³-hybridized carbons (Fsp3) is 0.316. The molecule has 0 fully saturated rings. The van der Waals surface area contributed by atoms with Gasteiger partial charge in [-0.2, -0.15) is 0 Å². The highest BCUT2D eigenvalue weighted by Crippen LogP contribution is 2.24. The maximum absolute atomic E-state index is 13.4. The van der Waals surface area contributed by atoms with Crippen LogP contribution in [0.25, 0.3) is 0 Å². The third-order valence-electron chi connectivity index (χ3n) is 3.97. The van der Waals surface area contributed by atoms with E-state index >= 15 is 0 Å². The van der Waals surface area contributed by atoms with Crippen molar-refractivity contribution < 1.29 is 19.0 Å². The minimum absolute atomic E-state index is 0.274. The van der Waals surface area contributed by atoms with E-state index in [4.69, 9.17) is 4.74 Å². The number of carbonyl (C=O) groups is 1. The average molecular weight is 331 g/mol. The number of amides is 1. The molecule has 0 saturated heterocycles. The molecule has 0 bridgehead atoms. The Bertz CT molecular complexity index is 715. The van der Waals surface area contributed by atoms with Gasteiger partial charge in [0, 0.05) is 12.0 Å². The van der Waals surface area contributed by atoms with E-state index < -0.39 is 17.4 Å². The number of carbonyl (C=O) groups excluding carboxylic acids is 1. The van der Waals surface area contributed by atoms with E-state index in [0.29, 0.717) is 11.3 Å². The molecule has 128 valence electrons. The van der Waals surface area contributed by atoms with Crippen LogP contribution in [0.5, 0.6) is 5.75 Å². The zero-order chi connectivity index (χ0) is 17.7. The van der Waals surface area contributed by atoms with Gasteiger partial charge in [-0.05, 0) is 35.4 Å². The van der Waals surface area contributed by atoms with E-state index in [1.165, 1.54) is 19.2 Å². The number of hydrogen-bond donors (Lipinski definition) is 2. The van der Waals surface area contributed by atoms with Crippen molar-refractivity contribution in [1.82, 2.24) is 5.32 Å². The van der Waals surface area contributed by atoms with Crippen LogP contribution in [0.2, 0.25) is 0 Å². The van der Waals surface area contributed by atoms with Crippen molar-refractivity contribution in [3.63, 3.8) is 0 Å². The standard InChI is InChI=1S/C19H22FNO3/c1-19(2,14-7-5-8-15(20)11-14)12-21-18(23)17(22)13-6-4-9-16(10-13)24-3/h4-11,17,22H,12H2,1-3H3,(H,21,23). The van der Waals surface area contributed by atoms with Crippen LogP contribution in [0.1, 0.15) is 31.1 Å². The van der Waals surface area contributed by atoms with Gasteiger partial charge in [0.2, 0.25) is 0 Å². The lowest BCUT2D eigenvalue weighted by molar-refractivity contribution is -0.129. The number of halogens is 1. The number of rotatable bonds is 6. The molecule has 24 heavy (non-hydrogen) atoms. The molecule has 2 rings (SSSR count). The smallest absolute Gasteiger partial charge is 0.253 e. The van der Waals surface area contributed by atoms with E-state index in [9.17, 15) is 14.3 Å². The molecule has 0 radical (unpaired) electrons. The van der Waals surface area contributed by atoms with Gasteiger partial charge in [-0.3, -0.25) is 4.79 Å². The van der Waals surface area contributed by atoms with E-state index in [1.54, 1.807) is 30.3 Å². The maximum atomic E-state index is 13.4. The molecule has 0 aliphatic heterocycles. The Morgan fingerprint density at radius 1 is 1.25 bits per heavy atom. The monoisotopic (exact) mass is 331 g/mol. The quantitative estimate of drug-likeness (QED) is 0.855. The van der Waals surface area contributed by atoms with Crippen LogP contribution in [-0.4, -0.2) is 24.7 Å². The molecule has 0 aliphatic carbocycles. The number of ether oxygens (including phenoxy) is 1. The highest BCUT2D eigenvalue weighted by Gasteiger charge is 2.24. The molecule has 0 saturated carbocycles. The molecular weight excluding hydrogens is 309 g/mol. The number of hydrogen-bond acceptors (Lipinski definition) is 3. The van der Waals surface area contributed by atoms with Crippen LogP contribution in [0, 0.1) is 5.82 Å². The van der Waals surface area contributed by atoms with Crippen LogP contribution >= 0.6 is 0 Å². The first-order chi connectivity index (χ1) is 11.3. The zero-order valence-electron chi connectivity index (χ0n) is 14.0. The largest absolute Gasteiger partial charge is 0.497 e. The third-order valence-corrected chi connectivity index (χ3v) is 3.97. The van der Waals surface area contributed by atoms with Crippen molar-refractivity contribution in [3.05, 3.63) is 65.5 Å². The average Bonchev–Trinajstić information content (AvgIpc) is 2.59. The summed E-state index contributed by atoms with van der Waals surface area (Å²) in [6, 6.07) is 13.0. The molecule has 0 spiro atoms. The van der Waals surface area contributed by atoms with Crippen molar-refractivity contribution >= 4 is 5.91 Å². The summed E-state index contributed by atoms with van der Waals surface area (Å²) >= 11 is 0. The lowest BCUT2D eigenvalue weighted by Crippen LogP contribution is -2.39. The molecular formula is C19H22FNO3. The summed E-state index contributed by atoms with van der Waals surface area (Å²) in [6.45, 7) is 4.08. The Morgan fingerprint density at radius 2 is 1.96 bits per heavy atom. The van der Waals surface area contributed by atoms with E-state index in [-0.39, 0.29) is 12.4 Å². The van der Waals surface area contributed by atoms with Crippen LogP contribution in [0.4, 0.5) is 4.39 Å². The Hall–Kier alpha value is -2.40. The number of nitrogens with one attached hydrogen (secondary N) is 1. The molecule has 2 aromatic rings. The molecule has 0 aliphatic rings. The summed E-state index contributed by atoms with van der Waals surface area (Å²) in [4.78, 5) is 12.2. The first-order valence-corrected chi connectivity index (χ1v) is 7.69. The Kier molecular flexibility index (Phi) is 5.57. The highest BCUT2D eigenvalue weighted by molar-refractivity contribution is 5.82. The van der Waals surface area contributed by atoms with Gasteiger partial charge < -0.3 is 15.2 Å². The molecule has 0 aromatic heterocycles. The molecule has 1 amide bonds. The third kappa shape index (κ3) is 4.32. The molecule has 2 N–H and O–H groups in total. The first-order valence-electron chi connectivity index (χ1n) is 7.69. The van der Waals surface area contributed by atoms with Gasteiger partial charge in [-0.25, -0.2) is 4.39 Å². The van der Waals surface area contributed by atoms with Gasteiger partial charge in [0.1, 0.15) is 11.6 Å². The summed E-state index contributed by atoms with van der Waals surface area (Å²) in [5, 5.41) is 12.9. The number of aliphatic hydroxyl groups is 1. The van der Waals surface area contributed by atoms with Crippen LogP contribution < -0.4 is 10.1 Å². The fourth-order valence-corrected chi connectivity index (χ4v) is 2.38. The molecule has 2 aromatic carbocycles. The van der Waals surface area contributed by atoms with Crippen molar-refractivity contribution in [3.8, 4) is 5.75 Å². The van der Waals surface area contributed by atoms with Gasteiger partial charge in [-0.15, -0.1) is 0 Å². The SMILES string of the molecule is COc1cccc(C(O)C(=O)NCC(C)(C)c2cccc(F)c2)c1. The normalized spacial score (nSPS) is 12.5. The summed E-state index contributed by atoms with van der Waals surface area (Å²) in [7, 11) is 1.52. The summed E-state index contributed by atoms with van der Waals surface area (Å²) < 4.78 is 18.5. The van der Waals surface area contributed by atoms with E-state index in [0.717, 1.165) is 5.56 Å². The predicted molar refractivity (Wildman–Crippen MR) is 90.4 cm³/mol. The van der Waals surface area contributed by atoms with Crippen molar-refractivity contribution in [2.75, 3.05) is 13.7 Å². The van der Waals surface area contributed by atoms with Gasteiger partial charge in [-0.1, -0.05) is 38.1 Å². The van der Waals surface area contributed by atoms with E-state index in [2.05, 4.69) is 5.32 Å². The highest BCUT2D eigenvalue weighted by atomic mass is 19.1. The first kappa shape index (κ1) is 17.9. The Balaban J connectivity index is 2.03. The van der Waals surface area contributed by atoms with Crippen molar-refractivity contribution in [2.24, 2.45) is 0 Å². The molecule has 5 heteroatoms.